The lowest BCUT2D eigenvalue weighted by atomic mass is 9.98. The molecule has 316 valence electrons. The van der Waals surface area contributed by atoms with Crippen LogP contribution in [0.1, 0.15) is 75.1 Å². The van der Waals surface area contributed by atoms with E-state index in [4.69, 9.17) is 74.3 Å². The van der Waals surface area contributed by atoms with Crippen molar-refractivity contribution in [1.29, 1.82) is 0 Å². The maximum Gasteiger partial charge on any atom is 0.262 e. The summed E-state index contributed by atoms with van der Waals surface area (Å²) < 4.78 is 5.19. The molecule has 0 spiro atoms. The maximum atomic E-state index is 10.9. The molecule has 0 N–H and O–H groups in total. The first-order chi connectivity index (χ1) is 28.0. The van der Waals surface area contributed by atoms with Crippen molar-refractivity contribution in [1.82, 2.24) is 0 Å². The Labute approximate surface area is 377 Å². The highest BCUT2D eigenvalue weighted by atomic mass is 35.5. The second-order valence-corrected chi connectivity index (χ2v) is 14.5. The molecule has 13 heteroatoms. The molecule has 0 saturated carbocycles. The molecule has 0 bridgehead atoms. The van der Waals surface area contributed by atoms with Crippen LogP contribution >= 0.6 is 69.6 Å². The van der Waals surface area contributed by atoms with Gasteiger partial charge in [0.05, 0.1) is 11.5 Å². The molecule has 2 unspecified atom stereocenters. The molecule has 0 aliphatic carbocycles. The van der Waals surface area contributed by atoms with Gasteiger partial charge in [-0.3, -0.25) is 28.8 Å². The Hall–Kier alpha value is -4.08. The third-order valence-electron chi connectivity index (χ3n) is 7.80. The van der Waals surface area contributed by atoms with Crippen LogP contribution in [0.4, 0.5) is 0 Å². The molecule has 4 rings (SSSR count). The van der Waals surface area contributed by atoms with E-state index in [1.165, 1.54) is 11.6 Å². The number of halogens is 6. The first-order valence-electron chi connectivity index (χ1n) is 18.4. The molecule has 4 aromatic carbocycles. The van der Waals surface area contributed by atoms with Crippen LogP contribution < -0.4 is 4.74 Å². The fraction of sp³-hybridized carbons (Fsp3) is 0.261. The number of benzene rings is 4. The van der Waals surface area contributed by atoms with Crippen LogP contribution in [0.5, 0.6) is 5.75 Å². The second kappa shape index (κ2) is 32.7. The van der Waals surface area contributed by atoms with Gasteiger partial charge in [-0.2, -0.15) is 0 Å². The summed E-state index contributed by atoms with van der Waals surface area (Å²) >= 11 is 31.4. The van der Waals surface area contributed by atoms with Crippen molar-refractivity contribution in [3.63, 3.8) is 0 Å². The van der Waals surface area contributed by atoms with Crippen LogP contribution in [0.25, 0.3) is 6.08 Å². The minimum Gasteiger partial charge on any atom is -0.482 e. The molecule has 0 aliphatic rings. The average Bonchev–Trinajstić information content (AvgIpc) is 3.19. The number of carbonyl (C=O) groups excluding carboxylic acids is 6. The molecule has 0 amide bonds. The van der Waals surface area contributed by atoms with Crippen molar-refractivity contribution in [3.05, 3.63) is 155 Å². The Morgan fingerprint density at radius 3 is 1.44 bits per heavy atom. The molecule has 2 atom stereocenters. The zero-order valence-electron chi connectivity index (χ0n) is 33.4. The molecule has 0 heterocycles. The molecule has 0 aromatic heterocycles. The average molecular weight is 926 g/mol. The van der Waals surface area contributed by atoms with Gasteiger partial charge in [0, 0.05) is 12.3 Å². The minimum atomic E-state index is -0.863. The number of carbonyl (C=O) groups is 6. The van der Waals surface area contributed by atoms with E-state index in [1.807, 2.05) is 131 Å². The first kappa shape index (κ1) is 54.9. The molecule has 0 radical (unpaired) electrons. The minimum absolute atomic E-state index is 0.0802. The third-order valence-corrected chi connectivity index (χ3v) is 9.22. The van der Waals surface area contributed by atoms with Gasteiger partial charge in [-0.15, -0.1) is 0 Å². The summed E-state index contributed by atoms with van der Waals surface area (Å²) in [5.41, 5.74) is 3.86. The highest BCUT2D eigenvalue weighted by molar-refractivity contribution is 6.79. The van der Waals surface area contributed by atoms with Crippen LogP contribution in [0, 0.1) is 12.8 Å². The zero-order chi connectivity index (χ0) is 44.8. The number of ether oxygens (including phenoxy) is 1. The van der Waals surface area contributed by atoms with E-state index >= 15 is 0 Å². The van der Waals surface area contributed by atoms with E-state index in [2.05, 4.69) is 0 Å². The zero-order valence-corrected chi connectivity index (χ0v) is 37.9. The fourth-order valence-corrected chi connectivity index (χ4v) is 5.60. The van der Waals surface area contributed by atoms with Crippen LogP contribution in [0.3, 0.4) is 0 Å². The summed E-state index contributed by atoms with van der Waals surface area (Å²) in [6, 6.07) is 35.9. The van der Waals surface area contributed by atoms with Gasteiger partial charge in [0.15, 0.2) is 6.10 Å². The smallest absolute Gasteiger partial charge is 0.262 e. The Morgan fingerprint density at radius 2 is 1.07 bits per heavy atom. The fourth-order valence-electron chi connectivity index (χ4n) is 4.47. The van der Waals surface area contributed by atoms with Gasteiger partial charge in [-0.1, -0.05) is 142 Å². The predicted octanol–water partition coefficient (Wildman–Crippen LogP) is 12.8. The number of aryl methyl sites for hydroxylation is 1. The monoisotopic (exact) mass is 922 g/mol. The van der Waals surface area contributed by atoms with Crippen molar-refractivity contribution in [2.45, 2.75) is 72.3 Å². The van der Waals surface area contributed by atoms with E-state index < -0.39 is 21.8 Å². The van der Waals surface area contributed by atoms with Gasteiger partial charge in [0.25, 0.3) is 15.7 Å². The highest BCUT2D eigenvalue weighted by Gasteiger charge is 2.15. The Morgan fingerprint density at radius 1 is 0.593 bits per heavy atom. The maximum absolute atomic E-state index is 10.9. The highest BCUT2D eigenvalue weighted by Crippen LogP contribution is 2.21. The summed E-state index contributed by atoms with van der Waals surface area (Å²) in [4.78, 5) is 63.9. The third kappa shape index (κ3) is 26.6. The van der Waals surface area contributed by atoms with Gasteiger partial charge in [-0.05, 0) is 138 Å². The number of hydrogen-bond acceptors (Lipinski definition) is 7. The van der Waals surface area contributed by atoms with Gasteiger partial charge >= 0.3 is 0 Å². The largest absolute Gasteiger partial charge is 0.482 e. The molecule has 59 heavy (non-hydrogen) atoms. The second-order valence-electron chi connectivity index (χ2n) is 12.3. The van der Waals surface area contributed by atoms with Crippen molar-refractivity contribution >= 4 is 107 Å². The molecular weight excluding hydrogens is 877 g/mol. The predicted molar refractivity (Wildman–Crippen MR) is 244 cm³/mol. The number of rotatable bonds is 15. The quantitative estimate of drug-likeness (QED) is 0.0384. The Kier molecular flexibility index (Phi) is 30.5. The van der Waals surface area contributed by atoms with Crippen molar-refractivity contribution in [3.8, 4) is 5.75 Å². The summed E-state index contributed by atoms with van der Waals surface area (Å²) in [6.07, 6.45) is 6.78. The normalized spacial score (nSPS) is 10.9. The van der Waals surface area contributed by atoms with Crippen LogP contribution in [0.15, 0.2) is 133 Å². The lowest BCUT2D eigenvalue weighted by Crippen LogP contribution is -2.18. The first-order valence-corrected chi connectivity index (χ1v) is 20.6. The van der Waals surface area contributed by atoms with Crippen LogP contribution in [-0.2, 0) is 35.2 Å². The van der Waals surface area contributed by atoms with E-state index in [0.29, 0.717) is 12.2 Å². The standard InChI is InChI=1S/C12H8Cl2O2.C10H11ClO.C9H9ClO2.C9H9ClO.C6H11ClO/c13-11(15)10(12(14)16)8-4-7-9-5-2-1-3-6-9;1-2-9(10(11)12)8-6-4-3-5-7-8;1-7(9(10)11)12-8-5-3-2-4-6-8;1-7-2-4-8(5-3-7)6-9(10)11;1-3-5(4-2)6(7)8/h1-8H;3-7,9H,2H2,1H3;2-7H,1H3;2-5H,6H2,1H3;5H,3-4H2,1-2H3. The molecule has 0 saturated heterocycles. The van der Waals surface area contributed by atoms with E-state index in [-0.39, 0.29) is 33.1 Å². The lowest BCUT2D eigenvalue weighted by Gasteiger charge is -2.09. The summed E-state index contributed by atoms with van der Waals surface area (Å²) in [7, 11) is 0. The molecule has 0 aliphatic heterocycles. The van der Waals surface area contributed by atoms with E-state index in [9.17, 15) is 28.8 Å². The number of hydrogen-bond donors (Lipinski definition) is 0. The topological polar surface area (TPSA) is 112 Å². The van der Waals surface area contributed by atoms with E-state index in [1.54, 1.807) is 31.2 Å². The number of allylic oxidation sites excluding steroid dienone is 3. The summed E-state index contributed by atoms with van der Waals surface area (Å²) in [6.45, 7) is 9.51. The summed E-state index contributed by atoms with van der Waals surface area (Å²) in [5, 5.41) is -3.00. The van der Waals surface area contributed by atoms with E-state index in [0.717, 1.165) is 36.0 Å². The van der Waals surface area contributed by atoms with Crippen LogP contribution in [0.2, 0.25) is 0 Å². The van der Waals surface area contributed by atoms with Crippen molar-refractivity contribution < 1.29 is 33.5 Å². The van der Waals surface area contributed by atoms with Gasteiger partial charge in [-0.25, -0.2) is 0 Å². The van der Waals surface area contributed by atoms with Gasteiger partial charge in [0.1, 0.15) is 5.75 Å². The molecule has 4 aromatic rings. The Balaban J connectivity index is 0.000000725. The molecule has 7 nitrogen and oxygen atoms in total. The SMILES string of the molecule is CC(Oc1ccccc1)C(=O)Cl.CCC(C(=O)Cl)c1ccccc1.CCC(CC)C(=O)Cl.Cc1ccc(CC(=O)Cl)cc1.O=C(Cl)C(=CC=Cc1ccccc1)C(=O)Cl. The van der Waals surface area contributed by atoms with Crippen LogP contribution in [-0.4, -0.2) is 37.6 Å². The lowest BCUT2D eigenvalue weighted by molar-refractivity contribution is -0.117. The van der Waals surface area contributed by atoms with Crippen molar-refractivity contribution in [2.24, 2.45) is 5.92 Å². The summed E-state index contributed by atoms with van der Waals surface area (Å²) in [5.74, 6) is 0.587. The van der Waals surface area contributed by atoms with Gasteiger partial charge < -0.3 is 4.74 Å². The molecule has 0 fully saturated rings. The molecular formula is C46H48Cl6O7. The van der Waals surface area contributed by atoms with Crippen molar-refractivity contribution in [2.75, 3.05) is 0 Å². The number of para-hydroxylation sites is 1. The Bertz CT molecular complexity index is 1900. The van der Waals surface area contributed by atoms with Gasteiger partial charge in [0.2, 0.25) is 15.7 Å².